The van der Waals surface area contributed by atoms with Crippen LogP contribution >= 0.6 is 0 Å². The van der Waals surface area contributed by atoms with Crippen LogP contribution in [0.1, 0.15) is 55.1 Å². The standard InChI is InChI=1S/C25H30N4O3/c1-3-4-8-13-26-23(30)19-11-14-29(15-12-19)25(31)20-16-21(18-9-6-5-7-10-18)27-24-22(20)17(2)28-32-24/h5-7,9-10,16,19H,3-4,8,11-15H2,1-2H3,(H,26,30). The van der Waals surface area contributed by atoms with Gasteiger partial charge in [-0.15, -0.1) is 0 Å². The first-order valence-corrected chi connectivity index (χ1v) is 11.5. The molecule has 2 aromatic heterocycles. The Morgan fingerprint density at radius 3 is 2.62 bits per heavy atom. The van der Waals surface area contributed by atoms with Crippen molar-refractivity contribution in [3.8, 4) is 11.3 Å². The van der Waals surface area contributed by atoms with Crippen molar-refractivity contribution in [2.24, 2.45) is 5.92 Å². The van der Waals surface area contributed by atoms with Gasteiger partial charge in [0.25, 0.3) is 11.6 Å². The molecule has 0 bridgehead atoms. The fourth-order valence-corrected chi connectivity index (χ4v) is 4.27. The molecule has 0 aliphatic carbocycles. The maximum absolute atomic E-state index is 13.5. The van der Waals surface area contributed by atoms with Crippen molar-refractivity contribution in [2.45, 2.75) is 46.0 Å². The molecule has 1 N–H and O–H groups in total. The molecule has 0 spiro atoms. The fraction of sp³-hybridized carbons (Fsp3) is 0.440. The number of nitrogens with one attached hydrogen (secondary N) is 1. The minimum Gasteiger partial charge on any atom is -0.356 e. The van der Waals surface area contributed by atoms with Gasteiger partial charge in [0.2, 0.25) is 5.91 Å². The van der Waals surface area contributed by atoms with E-state index in [0.29, 0.717) is 54.0 Å². The lowest BCUT2D eigenvalue weighted by Crippen LogP contribution is -2.43. The third kappa shape index (κ3) is 4.66. The predicted molar refractivity (Wildman–Crippen MR) is 123 cm³/mol. The Morgan fingerprint density at radius 1 is 1.16 bits per heavy atom. The van der Waals surface area contributed by atoms with Crippen LogP contribution in [0.5, 0.6) is 0 Å². The number of nitrogens with zero attached hydrogens (tertiary/aromatic N) is 3. The number of carbonyl (C=O) groups excluding carboxylic acids is 2. The van der Waals surface area contributed by atoms with Gasteiger partial charge in [0.15, 0.2) is 0 Å². The van der Waals surface area contributed by atoms with Gasteiger partial charge in [-0.1, -0.05) is 55.3 Å². The second-order valence-electron chi connectivity index (χ2n) is 8.43. The Morgan fingerprint density at radius 2 is 1.91 bits per heavy atom. The van der Waals surface area contributed by atoms with Crippen molar-refractivity contribution in [3.63, 3.8) is 0 Å². The summed E-state index contributed by atoms with van der Waals surface area (Å²) in [6, 6.07) is 11.6. The first kappa shape index (κ1) is 22.0. The lowest BCUT2D eigenvalue weighted by Gasteiger charge is -2.31. The zero-order valence-corrected chi connectivity index (χ0v) is 18.8. The number of aryl methyl sites for hydroxylation is 1. The van der Waals surface area contributed by atoms with Gasteiger partial charge in [0, 0.05) is 31.1 Å². The molecule has 32 heavy (non-hydrogen) atoms. The molecule has 2 amide bonds. The van der Waals surface area contributed by atoms with E-state index in [1.165, 1.54) is 0 Å². The summed E-state index contributed by atoms with van der Waals surface area (Å²) in [5.74, 6) is 0.0128. The molecule has 0 radical (unpaired) electrons. The van der Waals surface area contributed by atoms with Gasteiger partial charge in [-0.25, -0.2) is 4.98 Å². The van der Waals surface area contributed by atoms with Crippen molar-refractivity contribution in [1.29, 1.82) is 0 Å². The van der Waals surface area contributed by atoms with E-state index < -0.39 is 0 Å². The second kappa shape index (κ2) is 9.94. The van der Waals surface area contributed by atoms with Crippen molar-refractivity contribution >= 4 is 22.9 Å². The summed E-state index contributed by atoms with van der Waals surface area (Å²) in [4.78, 5) is 32.4. The van der Waals surface area contributed by atoms with E-state index >= 15 is 0 Å². The second-order valence-corrected chi connectivity index (χ2v) is 8.43. The molecule has 3 aromatic rings. The summed E-state index contributed by atoms with van der Waals surface area (Å²) in [6.07, 6.45) is 4.62. The third-order valence-electron chi connectivity index (χ3n) is 6.15. The van der Waals surface area contributed by atoms with Gasteiger partial charge < -0.3 is 14.7 Å². The van der Waals surface area contributed by atoms with E-state index in [1.807, 2.05) is 48.2 Å². The summed E-state index contributed by atoms with van der Waals surface area (Å²) in [5.41, 5.74) is 3.16. The molecule has 0 saturated carbocycles. The van der Waals surface area contributed by atoms with Gasteiger partial charge >= 0.3 is 0 Å². The van der Waals surface area contributed by atoms with Gasteiger partial charge in [0.05, 0.1) is 22.3 Å². The van der Waals surface area contributed by atoms with Crippen LogP contribution in [0.3, 0.4) is 0 Å². The highest BCUT2D eigenvalue weighted by Gasteiger charge is 2.29. The lowest BCUT2D eigenvalue weighted by molar-refractivity contribution is -0.126. The molecule has 168 valence electrons. The van der Waals surface area contributed by atoms with Crippen molar-refractivity contribution < 1.29 is 14.1 Å². The first-order chi connectivity index (χ1) is 15.6. The number of hydrogen-bond acceptors (Lipinski definition) is 5. The number of aromatic nitrogens is 2. The highest BCUT2D eigenvalue weighted by molar-refractivity contribution is 6.07. The number of pyridine rings is 1. The minimum absolute atomic E-state index is 0.0321. The topological polar surface area (TPSA) is 88.3 Å². The molecule has 1 aliphatic heterocycles. The normalized spacial score (nSPS) is 14.6. The van der Waals surface area contributed by atoms with Crippen LogP contribution in [0.25, 0.3) is 22.4 Å². The number of rotatable bonds is 7. The smallest absolute Gasteiger partial charge is 0.259 e. The molecule has 7 nitrogen and oxygen atoms in total. The monoisotopic (exact) mass is 434 g/mol. The third-order valence-corrected chi connectivity index (χ3v) is 6.15. The van der Waals surface area contributed by atoms with E-state index in [9.17, 15) is 9.59 Å². The van der Waals surface area contributed by atoms with Crippen molar-refractivity contribution in [2.75, 3.05) is 19.6 Å². The van der Waals surface area contributed by atoms with E-state index in [2.05, 4.69) is 22.4 Å². The van der Waals surface area contributed by atoms with Gasteiger partial charge in [-0.2, -0.15) is 0 Å². The average molecular weight is 435 g/mol. The zero-order chi connectivity index (χ0) is 22.5. The van der Waals surface area contributed by atoms with E-state index in [0.717, 1.165) is 31.4 Å². The van der Waals surface area contributed by atoms with Crippen LogP contribution in [0, 0.1) is 12.8 Å². The Labute approximate surface area is 188 Å². The van der Waals surface area contributed by atoms with E-state index in [1.54, 1.807) is 0 Å². The Bertz CT molecular complexity index is 1090. The number of benzene rings is 1. The summed E-state index contributed by atoms with van der Waals surface area (Å²) in [5, 5.41) is 7.74. The summed E-state index contributed by atoms with van der Waals surface area (Å²) >= 11 is 0. The quantitative estimate of drug-likeness (QED) is 0.558. The molecule has 0 atom stereocenters. The number of carbonyl (C=O) groups is 2. The first-order valence-electron chi connectivity index (χ1n) is 11.5. The van der Waals surface area contributed by atoms with Crippen molar-refractivity contribution in [3.05, 3.63) is 47.7 Å². The molecule has 3 heterocycles. The highest BCUT2D eigenvalue weighted by atomic mass is 16.5. The number of likely N-dealkylation sites (tertiary alicyclic amines) is 1. The van der Waals surface area contributed by atoms with Crippen LogP contribution in [-0.4, -0.2) is 46.5 Å². The fourth-order valence-electron chi connectivity index (χ4n) is 4.27. The molecule has 1 aromatic carbocycles. The molecule has 7 heteroatoms. The van der Waals surface area contributed by atoms with E-state index in [-0.39, 0.29) is 17.7 Å². The van der Waals surface area contributed by atoms with Gasteiger partial charge in [-0.3, -0.25) is 9.59 Å². The van der Waals surface area contributed by atoms with Crippen LogP contribution < -0.4 is 5.32 Å². The lowest BCUT2D eigenvalue weighted by atomic mass is 9.95. The van der Waals surface area contributed by atoms with Gasteiger partial charge in [0.1, 0.15) is 0 Å². The number of amides is 2. The zero-order valence-electron chi connectivity index (χ0n) is 18.8. The molecular weight excluding hydrogens is 404 g/mol. The highest BCUT2D eigenvalue weighted by Crippen LogP contribution is 2.29. The molecule has 1 aliphatic rings. The molecule has 0 unspecified atom stereocenters. The number of hydrogen-bond donors (Lipinski definition) is 1. The summed E-state index contributed by atoms with van der Waals surface area (Å²) in [7, 11) is 0. The van der Waals surface area contributed by atoms with E-state index in [4.69, 9.17) is 4.52 Å². The number of unbranched alkanes of at least 4 members (excludes halogenated alkanes) is 2. The van der Waals surface area contributed by atoms with Crippen molar-refractivity contribution in [1.82, 2.24) is 20.4 Å². The Hall–Kier alpha value is -3.22. The maximum atomic E-state index is 13.5. The summed E-state index contributed by atoms with van der Waals surface area (Å²) < 4.78 is 5.41. The maximum Gasteiger partial charge on any atom is 0.259 e. The number of fused-ring (bicyclic) bond motifs is 1. The average Bonchev–Trinajstić information content (AvgIpc) is 3.22. The van der Waals surface area contributed by atoms with Crippen LogP contribution in [0.4, 0.5) is 0 Å². The molecule has 1 saturated heterocycles. The van der Waals surface area contributed by atoms with Crippen LogP contribution in [0.2, 0.25) is 0 Å². The van der Waals surface area contributed by atoms with Gasteiger partial charge in [-0.05, 0) is 32.3 Å². The van der Waals surface area contributed by atoms with Crippen LogP contribution in [-0.2, 0) is 4.79 Å². The molecular formula is C25H30N4O3. The summed E-state index contributed by atoms with van der Waals surface area (Å²) in [6.45, 7) is 5.81. The Kier molecular flexibility index (Phi) is 6.83. The SMILES string of the molecule is CCCCCNC(=O)C1CCN(C(=O)c2cc(-c3ccccc3)nc3onc(C)c23)CC1. The predicted octanol–water partition coefficient (Wildman–Crippen LogP) is 4.36. The van der Waals surface area contributed by atoms with Crippen LogP contribution in [0.15, 0.2) is 40.9 Å². The number of piperidine rings is 1. The molecule has 4 rings (SSSR count). The largest absolute Gasteiger partial charge is 0.356 e. The molecule has 1 fully saturated rings. The Balaban J connectivity index is 1.50. The minimum atomic E-state index is -0.0670.